The molecule has 5 rings (SSSR count). The maximum atomic E-state index is 13.7. The molecule has 0 aliphatic heterocycles. The number of ether oxygens (including phenoxy) is 1. The summed E-state index contributed by atoms with van der Waals surface area (Å²) in [5, 5.41) is 5.64. The van der Waals surface area contributed by atoms with E-state index in [2.05, 4.69) is 11.8 Å². The van der Waals surface area contributed by atoms with Gasteiger partial charge in [-0.2, -0.15) is 4.98 Å². The second-order valence-corrected chi connectivity index (χ2v) is 10.1. The zero-order chi connectivity index (χ0) is 23.8. The first-order chi connectivity index (χ1) is 16.5. The Labute approximate surface area is 205 Å². The fourth-order valence-electron chi connectivity index (χ4n) is 4.68. The molecule has 180 valence electrons. The van der Waals surface area contributed by atoms with Gasteiger partial charge in [-0.3, -0.25) is 0 Å². The molecule has 0 amide bonds. The lowest BCUT2D eigenvalue weighted by atomic mass is 9.99. The average molecular weight is 483 g/mol. The predicted molar refractivity (Wildman–Crippen MR) is 134 cm³/mol. The maximum Gasteiger partial charge on any atom is 0.245 e. The maximum absolute atomic E-state index is 13.7. The highest BCUT2D eigenvalue weighted by molar-refractivity contribution is 6.32. The monoisotopic (exact) mass is 482 g/mol. The van der Waals surface area contributed by atoms with E-state index in [1.165, 1.54) is 12.8 Å². The molecule has 2 aliphatic carbocycles. The Kier molecular flexibility index (Phi) is 6.52. The first-order valence-corrected chi connectivity index (χ1v) is 12.7. The van der Waals surface area contributed by atoms with Crippen LogP contribution in [0.1, 0.15) is 74.4 Å². The van der Waals surface area contributed by atoms with E-state index in [4.69, 9.17) is 26.4 Å². The highest BCUT2D eigenvalue weighted by Gasteiger charge is 2.35. The molecule has 1 heterocycles. The second-order valence-electron chi connectivity index (χ2n) is 9.67. The molecule has 34 heavy (non-hydrogen) atoms. The van der Waals surface area contributed by atoms with Gasteiger partial charge < -0.3 is 9.64 Å². The standard InChI is InChI=1S/C27H32ClFN4O/c1-4-13-32(23(15-18-5-6-18)19-9-11-21(29)12-10-19)27-30-26(20-7-8-20)33(31-27)24-14-17(2)25(34-3)16-22(24)28/h9-12,14,16,18,20,23H,4-8,13,15H2,1-3H3. The van der Waals surface area contributed by atoms with Gasteiger partial charge in [-0.05, 0) is 67.9 Å². The van der Waals surface area contributed by atoms with Crippen LogP contribution in [0.2, 0.25) is 5.02 Å². The summed E-state index contributed by atoms with van der Waals surface area (Å²) in [5.74, 6) is 3.35. The normalized spacial score (nSPS) is 16.5. The van der Waals surface area contributed by atoms with E-state index >= 15 is 0 Å². The first kappa shape index (κ1) is 23.2. The fourth-order valence-corrected chi connectivity index (χ4v) is 4.92. The first-order valence-electron chi connectivity index (χ1n) is 12.3. The molecule has 7 heteroatoms. The van der Waals surface area contributed by atoms with Gasteiger partial charge in [-0.25, -0.2) is 9.07 Å². The summed E-state index contributed by atoms with van der Waals surface area (Å²) < 4.78 is 21.1. The van der Waals surface area contributed by atoms with E-state index in [0.717, 1.165) is 66.6 Å². The van der Waals surface area contributed by atoms with Crippen molar-refractivity contribution in [2.24, 2.45) is 5.92 Å². The van der Waals surface area contributed by atoms with E-state index < -0.39 is 0 Å². The number of hydrogen-bond donors (Lipinski definition) is 0. The molecule has 1 unspecified atom stereocenters. The lowest BCUT2D eigenvalue weighted by molar-refractivity contribution is 0.411. The van der Waals surface area contributed by atoms with Gasteiger partial charge in [-0.1, -0.05) is 43.5 Å². The summed E-state index contributed by atoms with van der Waals surface area (Å²) in [6.07, 6.45) is 6.74. The molecule has 0 radical (unpaired) electrons. The van der Waals surface area contributed by atoms with Gasteiger partial charge >= 0.3 is 0 Å². The molecule has 0 spiro atoms. The smallest absolute Gasteiger partial charge is 0.245 e. The van der Waals surface area contributed by atoms with Crippen LogP contribution >= 0.6 is 11.6 Å². The van der Waals surface area contributed by atoms with Crippen molar-refractivity contribution in [2.75, 3.05) is 18.6 Å². The summed E-state index contributed by atoms with van der Waals surface area (Å²) in [6, 6.07) is 10.9. The minimum absolute atomic E-state index is 0.115. The quantitative estimate of drug-likeness (QED) is 0.311. The molecule has 3 aromatic rings. The lowest BCUT2D eigenvalue weighted by Crippen LogP contribution is -2.31. The van der Waals surface area contributed by atoms with Crippen LogP contribution in [0.15, 0.2) is 36.4 Å². The summed E-state index contributed by atoms with van der Waals surface area (Å²) in [4.78, 5) is 7.40. The molecule has 2 fully saturated rings. The van der Waals surface area contributed by atoms with Gasteiger partial charge in [0.15, 0.2) is 0 Å². The van der Waals surface area contributed by atoms with Gasteiger partial charge in [0.1, 0.15) is 17.4 Å². The van der Waals surface area contributed by atoms with Gasteiger partial charge in [0.25, 0.3) is 0 Å². The van der Waals surface area contributed by atoms with Crippen LogP contribution in [0.25, 0.3) is 5.69 Å². The number of aromatic nitrogens is 3. The van der Waals surface area contributed by atoms with Gasteiger partial charge in [0, 0.05) is 18.5 Å². The highest BCUT2D eigenvalue weighted by Crippen LogP contribution is 2.44. The third-order valence-electron chi connectivity index (χ3n) is 6.86. The van der Waals surface area contributed by atoms with Crippen LogP contribution in [0.3, 0.4) is 0 Å². The van der Waals surface area contributed by atoms with Gasteiger partial charge in [0.2, 0.25) is 5.95 Å². The lowest BCUT2D eigenvalue weighted by Gasteiger charge is -2.31. The Morgan fingerprint density at radius 3 is 2.53 bits per heavy atom. The van der Waals surface area contributed by atoms with Crippen LogP contribution in [0.4, 0.5) is 10.3 Å². The van der Waals surface area contributed by atoms with Gasteiger partial charge in [-0.15, -0.1) is 5.10 Å². The van der Waals surface area contributed by atoms with E-state index in [0.29, 0.717) is 16.9 Å². The fraction of sp³-hybridized carbons (Fsp3) is 0.481. The zero-order valence-corrected chi connectivity index (χ0v) is 20.9. The van der Waals surface area contributed by atoms with Crippen molar-refractivity contribution in [3.63, 3.8) is 0 Å². The zero-order valence-electron chi connectivity index (χ0n) is 20.1. The summed E-state index contributed by atoms with van der Waals surface area (Å²) in [5.41, 5.74) is 2.95. The number of methoxy groups -OCH3 is 1. The number of aryl methyl sites for hydroxylation is 1. The second kappa shape index (κ2) is 9.57. The van der Waals surface area contributed by atoms with Crippen molar-refractivity contribution in [1.29, 1.82) is 0 Å². The van der Waals surface area contributed by atoms with E-state index in [9.17, 15) is 4.39 Å². The summed E-state index contributed by atoms with van der Waals surface area (Å²) in [6.45, 7) is 5.02. The van der Waals surface area contributed by atoms with E-state index in [1.54, 1.807) is 19.2 Å². The summed E-state index contributed by atoms with van der Waals surface area (Å²) in [7, 11) is 1.65. The van der Waals surface area contributed by atoms with Crippen LogP contribution in [-0.2, 0) is 0 Å². The SMILES string of the molecule is CCCN(c1nc(C2CC2)n(-c2cc(C)c(OC)cc2Cl)n1)C(CC1CC1)c1ccc(F)cc1. The number of hydrogen-bond acceptors (Lipinski definition) is 4. The number of benzene rings is 2. The predicted octanol–water partition coefficient (Wildman–Crippen LogP) is 7.01. The minimum atomic E-state index is -0.209. The van der Waals surface area contributed by atoms with Crippen molar-refractivity contribution in [3.05, 3.63) is 64.2 Å². The Bertz CT molecular complexity index is 1150. The van der Waals surface area contributed by atoms with E-state index in [-0.39, 0.29) is 11.9 Å². The number of rotatable bonds is 10. The average Bonchev–Trinajstić information content (AvgIpc) is 3.77. The summed E-state index contributed by atoms with van der Waals surface area (Å²) >= 11 is 6.69. The molecular formula is C27H32ClFN4O. The Balaban J connectivity index is 1.58. The third-order valence-corrected chi connectivity index (χ3v) is 7.16. The molecule has 2 aromatic carbocycles. The van der Waals surface area contributed by atoms with Crippen LogP contribution in [0.5, 0.6) is 5.75 Å². The Hall–Kier alpha value is -2.60. The van der Waals surface area contributed by atoms with Crippen molar-refractivity contribution in [3.8, 4) is 11.4 Å². The van der Waals surface area contributed by atoms with Crippen LogP contribution in [0, 0.1) is 18.7 Å². The van der Waals surface area contributed by atoms with Crippen LogP contribution in [-0.4, -0.2) is 28.4 Å². The Morgan fingerprint density at radius 2 is 1.91 bits per heavy atom. The third kappa shape index (κ3) is 4.78. The van der Waals surface area contributed by atoms with Crippen molar-refractivity contribution >= 4 is 17.5 Å². The Morgan fingerprint density at radius 1 is 1.18 bits per heavy atom. The topological polar surface area (TPSA) is 43.2 Å². The van der Waals surface area contributed by atoms with Crippen LogP contribution < -0.4 is 9.64 Å². The highest BCUT2D eigenvalue weighted by atomic mass is 35.5. The molecule has 0 saturated heterocycles. The van der Waals surface area contributed by atoms with Gasteiger partial charge in [0.05, 0.1) is 23.9 Å². The van der Waals surface area contributed by atoms with Crippen molar-refractivity contribution < 1.29 is 9.13 Å². The van der Waals surface area contributed by atoms with E-state index in [1.807, 2.05) is 35.9 Å². The molecule has 1 atom stereocenters. The molecule has 0 bridgehead atoms. The number of anilines is 1. The molecule has 2 saturated carbocycles. The molecule has 5 nitrogen and oxygen atoms in total. The molecule has 2 aliphatic rings. The molecule has 0 N–H and O–H groups in total. The van der Waals surface area contributed by atoms with Crippen molar-refractivity contribution in [2.45, 2.75) is 64.3 Å². The largest absolute Gasteiger partial charge is 0.496 e. The van der Waals surface area contributed by atoms with Crippen molar-refractivity contribution in [1.82, 2.24) is 14.8 Å². The molecular weight excluding hydrogens is 451 g/mol. The minimum Gasteiger partial charge on any atom is -0.496 e. The number of nitrogens with zero attached hydrogens (tertiary/aromatic N) is 4. The number of halogens is 2. The molecule has 1 aromatic heterocycles.